The van der Waals surface area contributed by atoms with E-state index in [-0.39, 0.29) is 11.8 Å². The number of carbonyl (C=O) groups excluding carboxylic acids is 2. The maximum atomic E-state index is 14.1. The van der Waals surface area contributed by atoms with E-state index in [1.165, 1.54) is 11.8 Å². The average Bonchev–Trinajstić information content (AvgIpc) is 3.37. The molecular formula is C25H20Cl2N2O3S. The first-order valence-electron chi connectivity index (χ1n) is 10.4. The van der Waals surface area contributed by atoms with Gasteiger partial charge in [0.25, 0.3) is 11.8 Å². The molecule has 8 heteroatoms. The minimum Gasteiger partial charge on any atom is -0.497 e. The highest BCUT2D eigenvalue weighted by molar-refractivity contribution is 8.01. The van der Waals surface area contributed by atoms with E-state index in [0.29, 0.717) is 40.2 Å². The predicted molar refractivity (Wildman–Crippen MR) is 132 cm³/mol. The summed E-state index contributed by atoms with van der Waals surface area (Å²) in [6, 6.07) is 19.8. The molecule has 1 spiro atoms. The van der Waals surface area contributed by atoms with Crippen molar-refractivity contribution < 1.29 is 14.3 Å². The van der Waals surface area contributed by atoms with E-state index < -0.39 is 4.87 Å². The maximum absolute atomic E-state index is 14.1. The Morgan fingerprint density at radius 2 is 1.91 bits per heavy atom. The molecule has 33 heavy (non-hydrogen) atoms. The van der Waals surface area contributed by atoms with Crippen LogP contribution in [0.4, 0.5) is 5.69 Å². The molecule has 1 unspecified atom stereocenters. The van der Waals surface area contributed by atoms with E-state index in [2.05, 4.69) is 0 Å². The zero-order valence-electron chi connectivity index (χ0n) is 17.8. The van der Waals surface area contributed by atoms with Crippen LogP contribution in [0.25, 0.3) is 0 Å². The number of halogens is 2. The molecule has 2 aliphatic rings. The summed E-state index contributed by atoms with van der Waals surface area (Å²) in [4.78, 5) is 29.9. The van der Waals surface area contributed by atoms with Crippen LogP contribution in [0.15, 0.2) is 66.7 Å². The average molecular weight is 499 g/mol. The lowest BCUT2D eigenvalue weighted by molar-refractivity contribution is -0.123. The van der Waals surface area contributed by atoms with Gasteiger partial charge in [0.15, 0.2) is 4.87 Å². The van der Waals surface area contributed by atoms with Crippen molar-refractivity contribution in [2.75, 3.05) is 24.3 Å². The fourth-order valence-electron chi connectivity index (χ4n) is 4.45. The van der Waals surface area contributed by atoms with Crippen LogP contribution in [0.5, 0.6) is 5.75 Å². The molecule has 1 saturated heterocycles. The normalized spacial score (nSPS) is 19.3. The SMILES string of the molecule is COc1cccc(C(=O)N2CCSC23C(=O)N(Cc2ccccc2Cl)c2ccc(Cl)cc23)c1. The van der Waals surface area contributed by atoms with Crippen molar-refractivity contribution >= 4 is 52.5 Å². The van der Waals surface area contributed by atoms with Crippen molar-refractivity contribution in [2.45, 2.75) is 11.4 Å². The highest BCUT2D eigenvalue weighted by Crippen LogP contribution is 2.55. The van der Waals surface area contributed by atoms with Crippen LogP contribution in [0.3, 0.4) is 0 Å². The molecule has 3 aromatic carbocycles. The van der Waals surface area contributed by atoms with Gasteiger partial charge in [-0.25, -0.2) is 0 Å². The lowest BCUT2D eigenvalue weighted by Crippen LogP contribution is -2.50. The first-order valence-corrected chi connectivity index (χ1v) is 12.2. The molecule has 0 aliphatic carbocycles. The van der Waals surface area contributed by atoms with Gasteiger partial charge < -0.3 is 14.5 Å². The van der Waals surface area contributed by atoms with Crippen LogP contribution < -0.4 is 9.64 Å². The molecule has 0 bridgehead atoms. The van der Waals surface area contributed by atoms with Crippen molar-refractivity contribution in [1.29, 1.82) is 0 Å². The Kier molecular flexibility index (Phi) is 5.77. The second-order valence-corrected chi connectivity index (χ2v) is 9.96. The maximum Gasteiger partial charge on any atom is 0.268 e. The molecule has 2 heterocycles. The molecule has 0 aromatic heterocycles. The van der Waals surface area contributed by atoms with Crippen molar-refractivity contribution in [3.05, 3.63) is 93.5 Å². The third-order valence-electron chi connectivity index (χ3n) is 6.00. The number of anilines is 1. The Morgan fingerprint density at radius 3 is 2.70 bits per heavy atom. The van der Waals surface area contributed by atoms with Crippen LogP contribution in [0.2, 0.25) is 10.0 Å². The topological polar surface area (TPSA) is 49.9 Å². The number of carbonyl (C=O) groups is 2. The fourth-order valence-corrected chi connectivity index (χ4v) is 6.27. The standard InChI is InChI=1S/C25H20Cl2N2O3S/c1-32-19-7-4-6-16(13-19)23(30)29-11-12-33-25(29)20-14-18(26)9-10-22(20)28(24(25)31)15-17-5-2-3-8-21(17)27/h2-10,13-14H,11-12,15H2,1H3. The summed E-state index contributed by atoms with van der Waals surface area (Å²) in [7, 11) is 1.56. The summed E-state index contributed by atoms with van der Waals surface area (Å²) in [5, 5.41) is 1.10. The van der Waals surface area contributed by atoms with Crippen molar-refractivity contribution in [3.8, 4) is 5.75 Å². The van der Waals surface area contributed by atoms with Gasteiger partial charge >= 0.3 is 0 Å². The van der Waals surface area contributed by atoms with Gasteiger partial charge in [0.1, 0.15) is 5.75 Å². The Bertz CT molecular complexity index is 1270. The van der Waals surface area contributed by atoms with E-state index in [4.69, 9.17) is 27.9 Å². The summed E-state index contributed by atoms with van der Waals surface area (Å²) >= 11 is 14.2. The quantitative estimate of drug-likeness (QED) is 0.470. The minimum absolute atomic E-state index is 0.168. The molecule has 0 radical (unpaired) electrons. The van der Waals surface area contributed by atoms with E-state index in [1.807, 2.05) is 24.3 Å². The number of nitrogens with zero attached hydrogens (tertiary/aromatic N) is 2. The van der Waals surface area contributed by atoms with Crippen molar-refractivity contribution in [3.63, 3.8) is 0 Å². The highest BCUT2D eigenvalue weighted by atomic mass is 35.5. The third kappa shape index (κ3) is 3.57. The summed E-state index contributed by atoms with van der Waals surface area (Å²) in [6.07, 6.45) is 0. The number of hydrogen-bond acceptors (Lipinski definition) is 4. The highest BCUT2D eigenvalue weighted by Gasteiger charge is 2.59. The lowest BCUT2D eigenvalue weighted by atomic mass is 10.0. The van der Waals surface area contributed by atoms with Crippen LogP contribution in [0, 0.1) is 0 Å². The molecule has 168 valence electrons. The summed E-state index contributed by atoms with van der Waals surface area (Å²) in [5.74, 6) is 0.826. The zero-order chi connectivity index (χ0) is 23.2. The molecule has 1 fully saturated rings. The van der Waals surface area contributed by atoms with E-state index in [1.54, 1.807) is 59.4 Å². The van der Waals surface area contributed by atoms with Crippen molar-refractivity contribution in [1.82, 2.24) is 4.90 Å². The van der Waals surface area contributed by atoms with Gasteiger partial charge in [-0.2, -0.15) is 0 Å². The molecule has 5 rings (SSSR count). The number of ether oxygens (including phenoxy) is 1. The van der Waals surface area contributed by atoms with Gasteiger partial charge in [-0.3, -0.25) is 9.59 Å². The second kappa shape index (κ2) is 8.60. The Labute approximate surface area is 206 Å². The van der Waals surface area contributed by atoms with Crippen LogP contribution in [-0.4, -0.2) is 36.1 Å². The first-order chi connectivity index (χ1) is 16.0. The number of hydrogen-bond donors (Lipinski definition) is 0. The minimum atomic E-state index is -1.18. The second-order valence-electron chi connectivity index (χ2n) is 7.83. The van der Waals surface area contributed by atoms with Gasteiger partial charge in [0.05, 0.1) is 19.3 Å². The summed E-state index contributed by atoms with van der Waals surface area (Å²) in [6.45, 7) is 0.745. The predicted octanol–water partition coefficient (Wildman–Crippen LogP) is 5.59. The largest absolute Gasteiger partial charge is 0.497 e. The molecule has 0 N–H and O–H groups in total. The molecule has 5 nitrogen and oxygen atoms in total. The smallest absolute Gasteiger partial charge is 0.268 e. The van der Waals surface area contributed by atoms with Gasteiger partial charge in [0.2, 0.25) is 0 Å². The lowest BCUT2D eigenvalue weighted by Gasteiger charge is -2.33. The number of methoxy groups -OCH3 is 1. The molecular weight excluding hydrogens is 479 g/mol. The van der Waals surface area contributed by atoms with Gasteiger partial charge in [-0.05, 0) is 48.0 Å². The van der Waals surface area contributed by atoms with E-state index >= 15 is 0 Å². The Balaban J connectivity index is 1.60. The van der Waals surface area contributed by atoms with Crippen LogP contribution >= 0.6 is 35.0 Å². The molecule has 2 aliphatic heterocycles. The molecule has 3 aromatic rings. The van der Waals surface area contributed by atoms with E-state index in [9.17, 15) is 9.59 Å². The number of benzene rings is 3. The number of rotatable bonds is 4. The van der Waals surface area contributed by atoms with Crippen LogP contribution in [0.1, 0.15) is 21.5 Å². The number of fused-ring (bicyclic) bond motifs is 2. The fraction of sp³-hybridized carbons (Fsp3) is 0.200. The monoisotopic (exact) mass is 498 g/mol. The Hall–Kier alpha value is -2.67. The first kappa shape index (κ1) is 22.1. The van der Waals surface area contributed by atoms with Gasteiger partial charge in [-0.15, -0.1) is 11.8 Å². The van der Waals surface area contributed by atoms with Gasteiger partial charge in [-0.1, -0.05) is 47.5 Å². The molecule has 2 amide bonds. The molecule has 0 saturated carbocycles. The summed E-state index contributed by atoms with van der Waals surface area (Å²) < 4.78 is 5.29. The van der Waals surface area contributed by atoms with Gasteiger partial charge in [0, 0.05) is 33.5 Å². The zero-order valence-corrected chi connectivity index (χ0v) is 20.1. The number of thioether (sulfide) groups is 1. The van der Waals surface area contributed by atoms with E-state index in [0.717, 1.165) is 16.8 Å². The Morgan fingerprint density at radius 1 is 1.09 bits per heavy atom. The number of amides is 2. The molecule has 1 atom stereocenters. The third-order valence-corrected chi connectivity index (χ3v) is 8.03. The van der Waals surface area contributed by atoms with Crippen LogP contribution in [-0.2, 0) is 16.2 Å². The summed E-state index contributed by atoms with van der Waals surface area (Å²) in [5.41, 5.74) is 2.77. The van der Waals surface area contributed by atoms with Crippen molar-refractivity contribution in [2.24, 2.45) is 0 Å².